The molecule has 0 bridgehead atoms. The molecule has 0 aliphatic rings. The summed E-state index contributed by atoms with van der Waals surface area (Å²) in [5, 5.41) is 19.2. The summed E-state index contributed by atoms with van der Waals surface area (Å²) >= 11 is 0. The van der Waals surface area contributed by atoms with Crippen LogP contribution in [0.3, 0.4) is 0 Å². The molecule has 0 saturated carbocycles. The smallest absolute Gasteiger partial charge is 0.121 e. The minimum atomic E-state index is -0.629. The molecular weight excluding hydrogens is 192 g/mol. The molecule has 0 fully saturated rings. The van der Waals surface area contributed by atoms with E-state index in [2.05, 4.69) is 0 Å². The van der Waals surface area contributed by atoms with E-state index in [0.29, 0.717) is 24.3 Å². The van der Waals surface area contributed by atoms with E-state index in [0.717, 1.165) is 6.42 Å². The van der Waals surface area contributed by atoms with Gasteiger partial charge in [0.2, 0.25) is 0 Å². The lowest BCUT2D eigenvalue weighted by Crippen LogP contribution is -1.99. The maximum absolute atomic E-state index is 9.64. The highest BCUT2D eigenvalue weighted by Crippen LogP contribution is 2.29. The summed E-state index contributed by atoms with van der Waals surface area (Å²) in [5.74, 6) is 0.811. The van der Waals surface area contributed by atoms with Gasteiger partial charge in [-0.05, 0) is 31.0 Å². The molecule has 3 nitrogen and oxygen atoms in total. The van der Waals surface area contributed by atoms with Crippen LogP contribution in [-0.2, 0) is 0 Å². The van der Waals surface area contributed by atoms with E-state index in [-0.39, 0.29) is 5.75 Å². The number of hydrogen-bond acceptors (Lipinski definition) is 3. The molecule has 0 saturated heterocycles. The largest absolute Gasteiger partial charge is 0.508 e. The van der Waals surface area contributed by atoms with Crippen LogP contribution < -0.4 is 4.74 Å². The predicted octanol–water partition coefficient (Wildman–Crippen LogP) is 2.62. The molecule has 0 heterocycles. The maximum Gasteiger partial charge on any atom is 0.121 e. The quantitative estimate of drug-likeness (QED) is 0.785. The Morgan fingerprint density at radius 3 is 2.67 bits per heavy atom. The molecule has 0 aromatic heterocycles. The molecule has 3 heteroatoms. The summed E-state index contributed by atoms with van der Waals surface area (Å²) in [7, 11) is 0. The summed E-state index contributed by atoms with van der Waals surface area (Å²) in [6.45, 7) is 4.54. The van der Waals surface area contributed by atoms with Crippen molar-refractivity contribution in [1.29, 1.82) is 0 Å². The maximum atomic E-state index is 9.64. The number of aliphatic hydroxyl groups excluding tert-OH is 1. The second kappa shape index (κ2) is 5.61. The second-order valence-corrected chi connectivity index (χ2v) is 3.49. The van der Waals surface area contributed by atoms with Crippen molar-refractivity contribution in [1.82, 2.24) is 0 Å². The number of benzene rings is 1. The molecule has 1 atom stereocenters. The topological polar surface area (TPSA) is 49.7 Å². The minimum Gasteiger partial charge on any atom is -0.508 e. The van der Waals surface area contributed by atoms with Crippen LogP contribution in [0.1, 0.15) is 38.4 Å². The number of rotatable bonds is 5. The Kier molecular flexibility index (Phi) is 4.43. The molecule has 0 radical (unpaired) electrons. The van der Waals surface area contributed by atoms with Gasteiger partial charge in [0, 0.05) is 5.56 Å². The zero-order chi connectivity index (χ0) is 11.3. The van der Waals surface area contributed by atoms with Crippen LogP contribution in [-0.4, -0.2) is 16.8 Å². The third kappa shape index (κ3) is 3.13. The van der Waals surface area contributed by atoms with Crippen molar-refractivity contribution in [2.75, 3.05) is 6.61 Å². The van der Waals surface area contributed by atoms with Crippen molar-refractivity contribution in [3.63, 3.8) is 0 Å². The second-order valence-electron chi connectivity index (χ2n) is 3.49. The molecule has 1 aromatic rings. The molecule has 1 aromatic carbocycles. The van der Waals surface area contributed by atoms with E-state index >= 15 is 0 Å². The summed E-state index contributed by atoms with van der Waals surface area (Å²) < 4.78 is 5.42. The Morgan fingerprint density at radius 1 is 1.33 bits per heavy atom. The monoisotopic (exact) mass is 210 g/mol. The summed E-state index contributed by atoms with van der Waals surface area (Å²) in [5.41, 5.74) is 0.533. The van der Waals surface area contributed by atoms with Crippen molar-refractivity contribution in [3.8, 4) is 11.5 Å². The molecule has 15 heavy (non-hydrogen) atoms. The fourth-order valence-corrected chi connectivity index (χ4v) is 1.33. The van der Waals surface area contributed by atoms with Gasteiger partial charge in [0.1, 0.15) is 11.5 Å². The van der Waals surface area contributed by atoms with Crippen LogP contribution in [0.15, 0.2) is 18.2 Å². The number of ether oxygens (including phenoxy) is 1. The Bertz CT molecular complexity index is 310. The van der Waals surface area contributed by atoms with Gasteiger partial charge in [-0.3, -0.25) is 0 Å². The van der Waals surface area contributed by atoms with Crippen LogP contribution >= 0.6 is 0 Å². The molecule has 1 rings (SSSR count). The molecule has 1 unspecified atom stereocenters. The number of phenols is 1. The third-order valence-electron chi connectivity index (χ3n) is 2.22. The fraction of sp³-hybridized carbons (Fsp3) is 0.500. The van der Waals surface area contributed by atoms with Crippen molar-refractivity contribution >= 4 is 0 Å². The van der Waals surface area contributed by atoms with Crippen molar-refractivity contribution in [2.24, 2.45) is 0 Å². The normalized spacial score (nSPS) is 12.5. The van der Waals surface area contributed by atoms with Crippen molar-refractivity contribution in [3.05, 3.63) is 23.8 Å². The van der Waals surface area contributed by atoms with Gasteiger partial charge < -0.3 is 14.9 Å². The van der Waals surface area contributed by atoms with Gasteiger partial charge in [-0.2, -0.15) is 0 Å². The molecule has 84 valence electrons. The van der Waals surface area contributed by atoms with Gasteiger partial charge in [0.05, 0.1) is 12.7 Å². The van der Waals surface area contributed by atoms with Crippen LogP contribution in [0.5, 0.6) is 11.5 Å². The lowest BCUT2D eigenvalue weighted by atomic mass is 10.1. The fourth-order valence-electron chi connectivity index (χ4n) is 1.33. The summed E-state index contributed by atoms with van der Waals surface area (Å²) in [6.07, 6.45) is 0.882. The average molecular weight is 210 g/mol. The predicted molar refractivity (Wildman–Crippen MR) is 59.1 cm³/mol. The molecule has 0 amide bonds. The van der Waals surface area contributed by atoms with E-state index in [9.17, 15) is 10.2 Å². The highest BCUT2D eigenvalue weighted by molar-refractivity contribution is 5.40. The first-order valence-corrected chi connectivity index (χ1v) is 5.32. The Hall–Kier alpha value is -1.22. The number of phenolic OH excluding ortho intramolecular Hbond substituents is 1. The first-order valence-electron chi connectivity index (χ1n) is 5.32. The highest BCUT2D eigenvalue weighted by atomic mass is 16.5. The number of hydrogen-bond donors (Lipinski definition) is 2. The van der Waals surface area contributed by atoms with Crippen LogP contribution in [0.25, 0.3) is 0 Å². The van der Waals surface area contributed by atoms with Gasteiger partial charge in [-0.1, -0.05) is 13.8 Å². The average Bonchev–Trinajstić information content (AvgIpc) is 2.27. The van der Waals surface area contributed by atoms with Crippen LogP contribution in [0.4, 0.5) is 0 Å². The third-order valence-corrected chi connectivity index (χ3v) is 2.22. The van der Waals surface area contributed by atoms with Gasteiger partial charge in [0.15, 0.2) is 0 Å². The van der Waals surface area contributed by atoms with Gasteiger partial charge in [-0.25, -0.2) is 0 Å². The van der Waals surface area contributed by atoms with E-state index in [1.807, 2.05) is 13.8 Å². The standard InChI is InChI=1S/C12H18O3/c1-3-7-15-9-5-6-12(14)10(8-9)11(13)4-2/h5-6,8,11,13-14H,3-4,7H2,1-2H3. The Labute approximate surface area is 90.3 Å². The Morgan fingerprint density at radius 2 is 2.07 bits per heavy atom. The number of aliphatic hydroxyl groups is 1. The SMILES string of the molecule is CCCOc1ccc(O)c(C(O)CC)c1. The molecule has 0 spiro atoms. The summed E-state index contributed by atoms with van der Waals surface area (Å²) in [4.78, 5) is 0. The zero-order valence-corrected chi connectivity index (χ0v) is 9.23. The van der Waals surface area contributed by atoms with E-state index in [4.69, 9.17) is 4.74 Å². The molecule has 0 aliphatic carbocycles. The van der Waals surface area contributed by atoms with E-state index < -0.39 is 6.10 Å². The zero-order valence-electron chi connectivity index (χ0n) is 9.23. The lowest BCUT2D eigenvalue weighted by Gasteiger charge is -2.12. The minimum absolute atomic E-state index is 0.119. The lowest BCUT2D eigenvalue weighted by molar-refractivity contribution is 0.169. The van der Waals surface area contributed by atoms with Gasteiger partial charge >= 0.3 is 0 Å². The Balaban J connectivity index is 2.84. The van der Waals surface area contributed by atoms with Crippen LogP contribution in [0.2, 0.25) is 0 Å². The van der Waals surface area contributed by atoms with Crippen molar-refractivity contribution < 1.29 is 14.9 Å². The van der Waals surface area contributed by atoms with E-state index in [1.54, 1.807) is 18.2 Å². The van der Waals surface area contributed by atoms with Crippen LogP contribution in [0, 0.1) is 0 Å². The molecular formula is C12H18O3. The van der Waals surface area contributed by atoms with Crippen molar-refractivity contribution in [2.45, 2.75) is 32.8 Å². The molecule has 2 N–H and O–H groups in total. The summed E-state index contributed by atoms with van der Waals surface area (Å²) in [6, 6.07) is 4.95. The molecule has 0 aliphatic heterocycles. The van der Waals surface area contributed by atoms with E-state index in [1.165, 1.54) is 0 Å². The van der Waals surface area contributed by atoms with Gasteiger partial charge in [-0.15, -0.1) is 0 Å². The van der Waals surface area contributed by atoms with Gasteiger partial charge in [0.25, 0.3) is 0 Å². The highest BCUT2D eigenvalue weighted by Gasteiger charge is 2.11. The first-order chi connectivity index (χ1) is 7.19. The first kappa shape index (κ1) is 11.9. The number of aromatic hydroxyl groups is 1.